The molecule has 6 heteroatoms. The SMILES string of the molecule is CONCc1cc(F)c(Br)c(F)c1F. The zero-order chi connectivity index (χ0) is 10.7. The number of hydrogen-bond donors (Lipinski definition) is 1. The van der Waals surface area contributed by atoms with Crippen LogP contribution in [0.3, 0.4) is 0 Å². The van der Waals surface area contributed by atoms with Gasteiger partial charge in [-0.05, 0) is 22.0 Å². The molecule has 0 spiro atoms. The van der Waals surface area contributed by atoms with E-state index in [1.165, 1.54) is 7.11 Å². The minimum Gasteiger partial charge on any atom is -0.305 e. The predicted octanol–water partition coefficient (Wildman–Crippen LogP) is 2.52. The Balaban J connectivity index is 3.06. The summed E-state index contributed by atoms with van der Waals surface area (Å²) in [5, 5.41) is 0. The lowest BCUT2D eigenvalue weighted by Gasteiger charge is -2.06. The van der Waals surface area contributed by atoms with Crippen LogP contribution in [0.4, 0.5) is 13.2 Å². The molecule has 1 rings (SSSR count). The van der Waals surface area contributed by atoms with Gasteiger partial charge in [0.05, 0.1) is 11.6 Å². The van der Waals surface area contributed by atoms with E-state index in [0.717, 1.165) is 6.07 Å². The van der Waals surface area contributed by atoms with E-state index in [2.05, 4.69) is 26.2 Å². The Morgan fingerprint density at radius 2 is 2.00 bits per heavy atom. The molecule has 1 N–H and O–H groups in total. The number of halogens is 4. The van der Waals surface area contributed by atoms with Crippen LogP contribution < -0.4 is 5.48 Å². The van der Waals surface area contributed by atoms with E-state index >= 15 is 0 Å². The van der Waals surface area contributed by atoms with Crippen LogP contribution in [0, 0.1) is 17.5 Å². The van der Waals surface area contributed by atoms with E-state index in [1.54, 1.807) is 0 Å². The molecule has 0 fully saturated rings. The van der Waals surface area contributed by atoms with Gasteiger partial charge < -0.3 is 4.84 Å². The largest absolute Gasteiger partial charge is 0.305 e. The lowest BCUT2D eigenvalue weighted by atomic mass is 10.2. The fraction of sp³-hybridized carbons (Fsp3) is 0.250. The summed E-state index contributed by atoms with van der Waals surface area (Å²) in [6.07, 6.45) is 0. The third-order valence-corrected chi connectivity index (χ3v) is 2.31. The van der Waals surface area contributed by atoms with Crippen molar-refractivity contribution in [1.82, 2.24) is 5.48 Å². The van der Waals surface area contributed by atoms with E-state index in [1.807, 2.05) is 0 Å². The van der Waals surface area contributed by atoms with Crippen molar-refractivity contribution in [2.24, 2.45) is 0 Å². The molecule has 0 bridgehead atoms. The molecule has 0 aromatic heterocycles. The van der Waals surface area contributed by atoms with Crippen molar-refractivity contribution in [1.29, 1.82) is 0 Å². The molecule has 1 aromatic carbocycles. The van der Waals surface area contributed by atoms with E-state index in [4.69, 9.17) is 0 Å². The molecule has 1 aromatic rings. The van der Waals surface area contributed by atoms with E-state index in [9.17, 15) is 13.2 Å². The van der Waals surface area contributed by atoms with E-state index < -0.39 is 21.9 Å². The molecule has 0 radical (unpaired) electrons. The number of rotatable bonds is 3. The molecule has 0 atom stereocenters. The summed E-state index contributed by atoms with van der Waals surface area (Å²) < 4.78 is 38.5. The highest BCUT2D eigenvalue weighted by Gasteiger charge is 2.16. The normalized spacial score (nSPS) is 10.6. The quantitative estimate of drug-likeness (QED) is 0.517. The molecule has 0 aliphatic heterocycles. The Kier molecular flexibility index (Phi) is 3.91. The lowest BCUT2D eigenvalue weighted by molar-refractivity contribution is 0.0857. The second-order valence-electron chi connectivity index (χ2n) is 2.48. The summed E-state index contributed by atoms with van der Waals surface area (Å²) in [7, 11) is 1.32. The van der Waals surface area contributed by atoms with Crippen LogP contribution in [0.2, 0.25) is 0 Å². The summed E-state index contributed by atoms with van der Waals surface area (Å²) in [6.45, 7) is -0.108. The third kappa shape index (κ3) is 2.26. The van der Waals surface area contributed by atoms with Crippen LogP contribution in [0.1, 0.15) is 5.56 Å². The van der Waals surface area contributed by atoms with Crippen molar-refractivity contribution in [3.63, 3.8) is 0 Å². The van der Waals surface area contributed by atoms with Gasteiger partial charge in [0.15, 0.2) is 11.6 Å². The summed E-state index contributed by atoms with van der Waals surface area (Å²) in [4.78, 5) is 4.44. The number of nitrogens with one attached hydrogen (secondary N) is 1. The molecular weight excluding hydrogens is 263 g/mol. The average molecular weight is 270 g/mol. The molecule has 0 saturated heterocycles. The van der Waals surface area contributed by atoms with Crippen LogP contribution in [0.5, 0.6) is 0 Å². The first-order valence-corrected chi connectivity index (χ1v) is 4.45. The zero-order valence-corrected chi connectivity index (χ0v) is 8.79. The second-order valence-corrected chi connectivity index (χ2v) is 3.28. The Morgan fingerprint density at radius 3 is 2.57 bits per heavy atom. The molecule has 78 valence electrons. The molecule has 0 saturated carbocycles. The van der Waals surface area contributed by atoms with E-state index in [0.29, 0.717) is 0 Å². The molecule has 0 aliphatic carbocycles. The maximum atomic E-state index is 13.1. The Bertz CT molecular complexity index is 346. The topological polar surface area (TPSA) is 21.3 Å². The molecule has 0 amide bonds. The van der Waals surface area contributed by atoms with Crippen LogP contribution >= 0.6 is 15.9 Å². The highest BCUT2D eigenvalue weighted by atomic mass is 79.9. The van der Waals surface area contributed by atoms with Gasteiger partial charge in [-0.2, -0.15) is 5.48 Å². The Labute approximate surface area is 87.1 Å². The van der Waals surface area contributed by atoms with Crippen molar-refractivity contribution >= 4 is 15.9 Å². The van der Waals surface area contributed by atoms with Crippen LogP contribution in [-0.2, 0) is 11.4 Å². The van der Waals surface area contributed by atoms with Crippen molar-refractivity contribution < 1.29 is 18.0 Å². The number of hydroxylamine groups is 1. The summed E-state index contributed by atoms with van der Waals surface area (Å²) in [6, 6.07) is 0.897. The standard InChI is InChI=1S/C8H7BrF3NO/c1-14-13-3-4-2-5(10)6(9)8(12)7(4)11/h2,13H,3H2,1H3. The first-order valence-electron chi connectivity index (χ1n) is 3.65. The summed E-state index contributed by atoms with van der Waals surface area (Å²) in [5.41, 5.74) is 2.16. The van der Waals surface area contributed by atoms with E-state index in [-0.39, 0.29) is 12.1 Å². The molecule has 0 aliphatic rings. The van der Waals surface area contributed by atoms with Gasteiger partial charge in [-0.15, -0.1) is 0 Å². The first-order chi connectivity index (χ1) is 6.57. The molecule has 2 nitrogen and oxygen atoms in total. The minimum absolute atomic E-state index is 0.108. The van der Waals surface area contributed by atoms with Crippen molar-refractivity contribution in [3.8, 4) is 0 Å². The lowest BCUT2D eigenvalue weighted by Crippen LogP contribution is -2.13. The maximum absolute atomic E-state index is 13.1. The monoisotopic (exact) mass is 269 g/mol. The number of benzene rings is 1. The summed E-state index contributed by atoms with van der Waals surface area (Å²) >= 11 is 2.59. The van der Waals surface area contributed by atoms with Crippen LogP contribution in [0.15, 0.2) is 10.5 Å². The van der Waals surface area contributed by atoms with Gasteiger partial charge in [0.2, 0.25) is 0 Å². The van der Waals surface area contributed by atoms with Gasteiger partial charge in [0.25, 0.3) is 0 Å². The highest BCUT2D eigenvalue weighted by Crippen LogP contribution is 2.24. The summed E-state index contributed by atoms with van der Waals surface area (Å²) in [5.74, 6) is -3.18. The van der Waals surface area contributed by atoms with Gasteiger partial charge in [-0.3, -0.25) is 0 Å². The van der Waals surface area contributed by atoms with Gasteiger partial charge in [0.1, 0.15) is 5.82 Å². The third-order valence-electron chi connectivity index (χ3n) is 1.58. The van der Waals surface area contributed by atoms with Crippen molar-refractivity contribution in [3.05, 3.63) is 33.6 Å². The van der Waals surface area contributed by atoms with Gasteiger partial charge >= 0.3 is 0 Å². The molecule has 14 heavy (non-hydrogen) atoms. The maximum Gasteiger partial charge on any atom is 0.176 e. The Hall–Kier alpha value is -0.590. The average Bonchev–Trinajstić information content (AvgIpc) is 2.18. The van der Waals surface area contributed by atoms with Gasteiger partial charge in [-0.1, -0.05) is 0 Å². The van der Waals surface area contributed by atoms with Crippen LogP contribution in [0.25, 0.3) is 0 Å². The van der Waals surface area contributed by atoms with Crippen LogP contribution in [-0.4, -0.2) is 7.11 Å². The second kappa shape index (κ2) is 4.77. The number of hydrogen-bond acceptors (Lipinski definition) is 2. The first kappa shape index (κ1) is 11.5. The molecule has 0 heterocycles. The van der Waals surface area contributed by atoms with Crippen molar-refractivity contribution in [2.75, 3.05) is 7.11 Å². The minimum atomic E-state index is -1.24. The zero-order valence-electron chi connectivity index (χ0n) is 7.20. The Morgan fingerprint density at radius 1 is 1.36 bits per heavy atom. The fourth-order valence-electron chi connectivity index (χ4n) is 0.900. The van der Waals surface area contributed by atoms with Gasteiger partial charge in [-0.25, -0.2) is 13.2 Å². The fourth-order valence-corrected chi connectivity index (χ4v) is 1.19. The molecular formula is C8H7BrF3NO. The highest BCUT2D eigenvalue weighted by molar-refractivity contribution is 9.10. The van der Waals surface area contributed by atoms with Gasteiger partial charge in [0, 0.05) is 12.1 Å². The predicted molar refractivity (Wildman–Crippen MR) is 47.9 cm³/mol. The smallest absolute Gasteiger partial charge is 0.176 e. The van der Waals surface area contributed by atoms with Crippen molar-refractivity contribution in [2.45, 2.75) is 6.54 Å². The molecule has 0 unspecified atom stereocenters.